The molecule has 0 aliphatic carbocycles. The van der Waals surface area contributed by atoms with Crippen LogP contribution in [0.15, 0.2) is 59.8 Å². The van der Waals surface area contributed by atoms with Gasteiger partial charge in [0.1, 0.15) is 11.5 Å². The number of anilines is 1. The number of fused-ring (bicyclic) bond motifs is 1. The maximum atomic E-state index is 4.93. The first kappa shape index (κ1) is 18.0. The third kappa shape index (κ3) is 3.11. The monoisotopic (exact) mass is 401 g/mol. The van der Waals surface area contributed by atoms with E-state index in [0.717, 1.165) is 46.8 Å². The number of H-pyrrole nitrogens is 1. The number of hydrogen-bond acceptors (Lipinski definition) is 5. The Kier molecular flexibility index (Phi) is 4.39. The average Bonchev–Trinajstić information content (AvgIpc) is 3.46. The Morgan fingerprint density at radius 2 is 2.10 bits per heavy atom. The van der Waals surface area contributed by atoms with Crippen molar-refractivity contribution in [1.82, 2.24) is 25.0 Å². The van der Waals surface area contributed by atoms with E-state index < -0.39 is 0 Å². The SMILES string of the molecule is C=C1C[C@@H](c2nc3cccc(SC)c3[nH]2)N(c2cc(C)c[c]c2-n2nccn2)C1. The number of nitrogens with zero attached hydrogens (tertiary/aromatic N) is 5. The van der Waals surface area contributed by atoms with Crippen LogP contribution in [0.4, 0.5) is 5.69 Å². The number of benzene rings is 2. The van der Waals surface area contributed by atoms with E-state index in [0.29, 0.717) is 0 Å². The number of aromatic amines is 1. The molecule has 1 aliphatic heterocycles. The fourth-order valence-corrected chi connectivity index (χ4v) is 4.52. The first-order chi connectivity index (χ1) is 14.1. The van der Waals surface area contributed by atoms with E-state index in [-0.39, 0.29) is 6.04 Å². The number of thioether (sulfide) groups is 1. The second-order valence-electron chi connectivity index (χ2n) is 7.30. The van der Waals surface area contributed by atoms with Crippen molar-refractivity contribution in [2.45, 2.75) is 24.3 Å². The Bertz CT molecular complexity index is 1190. The summed E-state index contributed by atoms with van der Waals surface area (Å²) in [6.07, 6.45) is 6.31. The van der Waals surface area contributed by atoms with Gasteiger partial charge in [-0.05, 0) is 49.4 Å². The molecule has 1 radical (unpaired) electrons. The fourth-order valence-electron chi connectivity index (χ4n) is 3.94. The molecule has 4 aromatic rings. The standard InChI is InChI=1S/C22H21N6S/c1-14-7-8-17(28-23-9-10-24-28)18(11-14)27-13-15(2)12-19(27)22-25-16-5-4-6-20(29-3)21(16)26-22/h4-7,9-11,19H,2,12-13H2,1,3H3,(H,25,26)/t19-/m0/s1. The Labute approximate surface area is 173 Å². The lowest BCUT2D eigenvalue weighted by Gasteiger charge is -2.27. The van der Waals surface area contributed by atoms with Crippen molar-refractivity contribution in [1.29, 1.82) is 0 Å². The van der Waals surface area contributed by atoms with Gasteiger partial charge in [0.2, 0.25) is 0 Å². The maximum absolute atomic E-state index is 4.93. The first-order valence-corrected chi connectivity index (χ1v) is 10.7. The van der Waals surface area contributed by atoms with Gasteiger partial charge >= 0.3 is 0 Å². The summed E-state index contributed by atoms with van der Waals surface area (Å²) >= 11 is 1.73. The highest BCUT2D eigenvalue weighted by atomic mass is 32.2. The fraction of sp³-hybridized carbons (Fsp3) is 0.227. The molecule has 0 saturated carbocycles. The highest BCUT2D eigenvalue weighted by Crippen LogP contribution is 2.40. The van der Waals surface area contributed by atoms with E-state index in [1.165, 1.54) is 10.5 Å². The number of nitrogens with one attached hydrogen (secondary N) is 1. The van der Waals surface area contributed by atoms with Gasteiger partial charge in [0.15, 0.2) is 0 Å². The minimum absolute atomic E-state index is 0.0779. The number of rotatable bonds is 4. The van der Waals surface area contributed by atoms with E-state index in [1.54, 1.807) is 29.0 Å². The average molecular weight is 402 g/mol. The molecule has 1 saturated heterocycles. The molecule has 1 atom stereocenters. The number of imidazole rings is 1. The number of hydrogen-bond donors (Lipinski definition) is 1. The van der Waals surface area contributed by atoms with E-state index in [1.807, 2.05) is 6.07 Å². The largest absolute Gasteiger partial charge is 0.355 e. The third-order valence-corrected chi connectivity index (χ3v) is 6.04. The lowest BCUT2D eigenvalue weighted by atomic mass is 10.1. The van der Waals surface area contributed by atoms with Gasteiger partial charge in [-0.3, -0.25) is 0 Å². The van der Waals surface area contributed by atoms with Crippen molar-refractivity contribution < 1.29 is 0 Å². The van der Waals surface area contributed by atoms with E-state index in [2.05, 4.69) is 70.2 Å². The molecular formula is C22H21N6S. The van der Waals surface area contributed by atoms with E-state index >= 15 is 0 Å². The van der Waals surface area contributed by atoms with E-state index in [9.17, 15) is 0 Å². The molecule has 6 nitrogen and oxygen atoms in total. The van der Waals surface area contributed by atoms with Crippen LogP contribution in [0.1, 0.15) is 23.9 Å². The summed E-state index contributed by atoms with van der Waals surface area (Å²) in [5.41, 5.74) is 6.28. The van der Waals surface area contributed by atoms with Gasteiger partial charge in [-0.1, -0.05) is 18.2 Å². The van der Waals surface area contributed by atoms with Crippen molar-refractivity contribution in [3.05, 3.63) is 72.3 Å². The van der Waals surface area contributed by atoms with Crippen molar-refractivity contribution >= 4 is 28.5 Å². The normalized spacial score (nSPS) is 16.8. The Morgan fingerprint density at radius 1 is 1.28 bits per heavy atom. The van der Waals surface area contributed by atoms with Crippen molar-refractivity contribution in [3.8, 4) is 5.69 Å². The second-order valence-corrected chi connectivity index (χ2v) is 8.15. The number of aromatic nitrogens is 5. The van der Waals surface area contributed by atoms with Crippen molar-refractivity contribution in [3.63, 3.8) is 0 Å². The molecule has 29 heavy (non-hydrogen) atoms. The van der Waals surface area contributed by atoms with Gasteiger partial charge in [0, 0.05) is 17.5 Å². The zero-order valence-corrected chi connectivity index (χ0v) is 17.2. The Balaban J connectivity index is 1.63. The molecule has 1 N–H and O–H groups in total. The van der Waals surface area contributed by atoms with Gasteiger partial charge < -0.3 is 9.88 Å². The van der Waals surface area contributed by atoms with Crippen LogP contribution in [0, 0.1) is 13.0 Å². The predicted octanol–water partition coefficient (Wildman–Crippen LogP) is 4.48. The molecule has 0 spiro atoms. The van der Waals surface area contributed by atoms with Gasteiger partial charge in [-0.2, -0.15) is 10.2 Å². The van der Waals surface area contributed by atoms with Crippen molar-refractivity contribution in [2.24, 2.45) is 0 Å². The van der Waals surface area contributed by atoms with Gasteiger partial charge in [0.25, 0.3) is 0 Å². The Hall–Kier alpha value is -3.06. The van der Waals surface area contributed by atoms with Gasteiger partial charge in [-0.15, -0.1) is 16.6 Å². The second kappa shape index (κ2) is 7.08. The molecule has 5 rings (SSSR count). The molecular weight excluding hydrogens is 380 g/mol. The summed E-state index contributed by atoms with van der Waals surface area (Å²) in [6, 6.07) is 13.8. The lowest BCUT2D eigenvalue weighted by Crippen LogP contribution is -2.25. The molecule has 7 heteroatoms. The number of para-hydroxylation sites is 1. The lowest BCUT2D eigenvalue weighted by molar-refractivity contribution is 0.678. The smallest absolute Gasteiger partial charge is 0.130 e. The zero-order valence-electron chi connectivity index (χ0n) is 16.4. The summed E-state index contributed by atoms with van der Waals surface area (Å²) in [5, 5.41) is 8.64. The molecule has 1 fully saturated rings. The minimum Gasteiger partial charge on any atom is -0.355 e. The summed E-state index contributed by atoms with van der Waals surface area (Å²) in [4.78, 5) is 13.7. The van der Waals surface area contributed by atoms with Crippen LogP contribution in [-0.4, -0.2) is 37.8 Å². The van der Waals surface area contributed by atoms with Crippen LogP contribution in [0.3, 0.4) is 0 Å². The van der Waals surface area contributed by atoms with Crippen molar-refractivity contribution in [2.75, 3.05) is 17.7 Å². The van der Waals surface area contributed by atoms with E-state index in [4.69, 9.17) is 4.98 Å². The van der Waals surface area contributed by atoms with Crippen LogP contribution < -0.4 is 4.90 Å². The summed E-state index contributed by atoms with van der Waals surface area (Å²) < 4.78 is 0. The quantitative estimate of drug-likeness (QED) is 0.403. The topological polar surface area (TPSA) is 62.6 Å². The van der Waals surface area contributed by atoms with Crippen LogP contribution in [0.5, 0.6) is 0 Å². The van der Waals surface area contributed by atoms with Gasteiger partial charge in [-0.25, -0.2) is 4.98 Å². The maximum Gasteiger partial charge on any atom is 0.130 e. The molecule has 1 aliphatic rings. The predicted molar refractivity (Wildman–Crippen MR) is 117 cm³/mol. The molecule has 3 heterocycles. The molecule has 0 amide bonds. The van der Waals surface area contributed by atoms with Crippen LogP contribution >= 0.6 is 11.8 Å². The van der Waals surface area contributed by atoms with Crippen LogP contribution in [-0.2, 0) is 0 Å². The minimum atomic E-state index is 0.0779. The molecule has 0 unspecified atom stereocenters. The third-order valence-electron chi connectivity index (χ3n) is 5.26. The number of aryl methyl sites for hydroxylation is 1. The summed E-state index contributed by atoms with van der Waals surface area (Å²) in [6.45, 7) is 7.11. The van der Waals surface area contributed by atoms with Crippen LogP contribution in [0.25, 0.3) is 16.7 Å². The first-order valence-electron chi connectivity index (χ1n) is 9.49. The summed E-state index contributed by atoms with van der Waals surface area (Å²) in [5.74, 6) is 0.959. The molecule has 145 valence electrons. The molecule has 2 aromatic carbocycles. The highest BCUT2D eigenvalue weighted by Gasteiger charge is 2.33. The van der Waals surface area contributed by atoms with Gasteiger partial charge in [0.05, 0.1) is 35.2 Å². The Morgan fingerprint density at radius 3 is 2.90 bits per heavy atom. The van der Waals surface area contributed by atoms with Crippen LogP contribution in [0.2, 0.25) is 0 Å². The summed E-state index contributed by atoms with van der Waals surface area (Å²) in [7, 11) is 0. The molecule has 0 bridgehead atoms. The molecule has 2 aromatic heterocycles. The highest BCUT2D eigenvalue weighted by molar-refractivity contribution is 7.98. The zero-order chi connectivity index (χ0) is 20.0.